The van der Waals surface area contributed by atoms with Gasteiger partial charge in [0, 0.05) is 12.6 Å². The predicted molar refractivity (Wildman–Crippen MR) is 62.3 cm³/mol. The Kier molecular flexibility index (Phi) is 4.39. The van der Waals surface area contributed by atoms with Crippen LogP contribution in [0.1, 0.15) is 46.5 Å². The highest BCUT2D eigenvalue weighted by atomic mass is 14.9. The van der Waals surface area contributed by atoms with E-state index < -0.39 is 0 Å². The van der Waals surface area contributed by atoms with Crippen molar-refractivity contribution >= 4 is 0 Å². The van der Waals surface area contributed by atoms with Gasteiger partial charge >= 0.3 is 0 Å². The van der Waals surface area contributed by atoms with E-state index in [0.29, 0.717) is 5.41 Å². The molecule has 0 saturated heterocycles. The molecule has 14 heavy (non-hydrogen) atoms. The fourth-order valence-electron chi connectivity index (χ4n) is 2.12. The van der Waals surface area contributed by atoms with Crippen LogP contribution in [0.25, 0.3) is 0 Å². The SMILES string of the molecule is CCC(C)(CN)CNC1CCC(C)C1. The summed E-state index contributed by atoms with van der Waals surface area (Å²) in [6.45, 7) is 8.73. The lowest BCUT2D eigenvalue weighted by molar-refractivity contribution is 0.286. The summed E-state index contributed by atoms with van der Waals surface area (Å²) < 4.78 is 0. The Bertz CT molecular complexity index is 164. The molecule has 0 aliphatic heterocycles. The van der Waals surface area contributed by atoms with Crippen molar-refractivity contribution in [3.63, 3.8) is 0 Å². The quantitative estimate of drug-likeness (QED) is 0.710. The summed E-state index contributed by atoms with van der Waals surface area (Å²) in [7, 11) is 0. The van der Waals surface area contributed by atoms with Gasteiger partial charge in [-0.25, -0.2) is 0 Å². The highest BCUT2D eigenvalue weighted by molar-refractivity contribution is 4.83. The number of hydrogen-bond donors (Lipinski definition) is 2. The largest absolute Gasteiger partial charge is 0.330 e. The fraction of sp³-hybridized carbons (Fsp3) is 1.00. The van der Waals surface area contributed by atoms with E-state index in [2.05, 4.69) is 26.1 Å². The van der Waals surface area contributed by atoms with Crippen molar-refractivity contribution in [2.75, 3.05) is 13.1 Å². The Morgan fingerprint density at radius 2 is 2.14 bits per heavy atom. The molecule has 3 atom stereocenters. The molecule has 0 aromatic carbocycles. The smallest absolute Gasteiger partial charge is 0.00699 e. The Morgan fingerprint density at radius 3 is 2.57 bits per heavy atom. The van der Waals surface area contributed by atoms with E-state index >= 15 is 0 Å². The molecule has 3 unspecified atom stereocenters. The van der Waals surface area contributed by atoms with Crippen LogP contribution in [0.3, 0.4) is 0 Å². The predicted octanol–water partition coefficient (Wildman–Crippen LogP) is 2.14. The van der Waals surface area contributed by atoms with Gasteiger partial charge < -0.3 is 11.1 Å². The minimum atomic E-state index is 0.297. The lowest BCUT2D eigenvalue weighted by Gasteiger charge is -2.28. The van der Waals surface area contributed by atoms with Crippen LogP contribution in [0, 0.1) is 11.3 Å². The summed E-state index contributed by atoms with van der Waals surface area (Å²) >= 11 is 0. The highest BCUT2D eigenvalue weighted by Crippen LogP contribution is 2.26. The molecule has 0 aromatic heterocycles. The zero-order chi connectivity index (χ0) is 10.6. The first-order valence-corrected chi connectivity index (χ1v) is 6.03. The molecule has 1 aliphatic carbocycles. The van der Waals surface area contributed by atoms with Crippen LogP contribution in [0.5, 0.6) is 0 Å². The Morgan fingerprint density at radius 1 is 1.43 bits per heavy atom. The van der Waals surface area contributed by atoms with E-state index in [4.69, 9.17) is 5.73 Å². The second-order valence-electron chi connectivity index (χ2n) is 5.36. The average molecular weight is 198 g/mol. The molecule has 0 bridgehead atoms. The van der Waals surface area contributed by atoms with Crippen LogP contribution in [0.4, 0.5) is 0 Å². The van der Waals surface area contributed by atoms with E-state index in [1.807, 2.05) is 0 Å². The minimum Gasteiger partial charge on any atom is -0.330 e. The van der Waals surface area contributed by atoms with Gasteiger partial charge in [0.2, 0.25) is 0 Å². The lowest BCUT2D eigenvalue weighted by atomic mass is 9.87. The molecule has 0 aromatic rings. The van der Waals surface area contributed by atoms with E-state index in [0.717, 1.165) is 25.0 Å². The van der Waals surface area contributed by atoms with Gasteiger partial charge in [-0.05, 0) is 43.6 Å². The number of nitrogens with one attached hydrogen (secondary N) is 1. The maximum absolute atomic E-state index is 5.79. The molecule has 84 valence electrons. The molecule has 2 heteroatoms. The van der Waals surface area contributed by atoms with Crippen LogP contribution in [0.15, 0.2) is 0 Å². The summed E-state index contributed by atoms with van der Waals surface area (Å²) in [5, 5.41) is 3.67. The summed E-state index contributed by atoms with van der Waals surface area (Å²) in [6.07, 6.45) is 5.26. The fourth-order valence-corrected chi connectivity index (χ4v) is 2.12. The van der Waals surface area contributed by atoms with Gasteiger partial charge in [0.15, 0.2) is 0 Å². The van der Waals surface area contributed by atoms with Crippen molar-refractivity contribution < 1.29 is 0 Å². The van der Waals surface area contributed by atoms with Crippen molar-refractivity contribution in [3.05, 3.63) is 0 Å². The monoisotopic (exact) mass is 198 g/mol. The second kappa shape index (κ2) is 5.13. The second-order valence-corrected chi connectivity index (χ2v) is 5.36. The molecule has 1 saturated carbocycles. The summed E-state index contributed by atoms with van der Waals surface area (Å²) in [5.41, 5.74) is 6.09. The van der Waals surface area contributed by atoms with Crippen LogP contribution in [0.2, 0.25) is 0 Å². The molecular formula is C12H26N2. The molecule has 2 nitrogen and oxygen atoms in total. The van der Waals surface area contributed by atoms with E-state index in [9.17, 15) is 0 Å². The van der Waals surface area contributed by atoms with Crippen LogP contribution in [-0.4, -0.2) is 19.1 Å². The van der Waals surface area contributed by atoms with Crippen LogP contribution in [-0.2, 0) is 0 Å². The molecule has 3 N–H and O–H groups in total. The molecule has 1 fully saturated rings. The maximum Gasteiger partial charge on any atom is 0.00699 e. The summed E-state index contributed by atoms with van der Waals surface area (Å²) in [6, 6.07) is 0.752. The van der Waals surface area contributed by atoms with Crippen LogP contribution >= 0.6 is 0 Å². The molecular weight excluding hydrogens is 172 g/mol. The molecule has 0 spiro atoms. The molecule has 1 rings (SSSR count). The van der Waals surface area contributed by atoms with Crippen molar-refractivity contribution in [2.45, 2.75) is 52.5 Å². The third-order valence-electron chi connectivity index (χ3n) is 3.86. The number of hydrogen-bond acceptors (Lipinski definition) is 2. The lowest BCUT2D eigenvalue weighted by Crippen LogP contribution is -2.41. The van der Waals surface area contributed by atoms with Gasteiger partial charge in [0.05, 0.1) is 0 Å². The van der Waals surface area contributed by atoms with Crippen molar-refractivity contribution in [3.8, 4) is 0 Å². The van der Waals surface area contributed by atoms with Crippen molar-refractivity contribution in [2.24, 2.45) is 17.1 Å². The summed E-state index contributed by atoms with van der Waals surface area (Å²) in [4.78, 5) is 0. The zero-order valence-electron chi connectivity index (χ0n) is 9.97. The van der Waals surface area contributed by atoms with E-state index in [1.54, 1.807) is 0 Å². The molecule has 0 radical (unpaired) electrons. The molecule has 1 aliphatic rings. The number of nitrogens with two attached hydrogens (primary N) is 1. The standard InChI is InChI=1S/C12H26N2/c1-4-12(3,8-13)9-14-11-6-5-10(2)7-11/h10-11,14H,4-9,13H2,1-3H3. The van der Waals surface area contributed by atoms with Gasteiger partial charge in [-0.3, -0.25) is 0 Å². The Balaban J connectivity index is 2.25. The topological polar surface area (TPSA) is 38.0 Å². The molecule has 0 heterocycles. The Labute approximate surface area is 88.6 Å². The third-order valence-corrected chi connectivity index (χ3v) is 3.86. The van der Waals surface area contributed by atoms with Gasteiger partial charge in [-0.1, -0.05) is 20.8 Å². The van der Waals surface area contributed by atoms with Gasteiger partial charge in [0.1, 0.15) is 0 Å². The van der Waals surface area contributed by atoms with Crippen molar-refractivity contribution in [1.29, 1.82) is 0 Å². The Hall–Kier alpha value is -0.0800. The highest BCUT2D eigenvalue weighted by Gasteiger charge is 2.25. The van der Waals surface area contributed by atoms with Gasteiger partial charge in [0.25, 0.3) is 0 Å². The number of rotatable bonds is 5. The van der Waals surface area contributed by atoms with Gasteiger partial charge in [-0.2, -0.15) is 0 Å². The first kappa shape index (κ1) is 12.0. The van der Waals surface area contributed by atoms with Gasteiger partial charge in [-0.15, -0.1) is 0 Å². The normalized spacial score (nSPS) is 31.7. The zero-order valence-corrected chi connectivity index (χ0v) is 9.97. The summed E-state index contributed by atoms with van der Waals surface area (Å²) in [5.74, 6) is 0.915. The van der Waals surface area contributed by atoms with E-state index in [-0.39, 0.29) is 0 Å². The van der Waals surface area contributed by atoms with Crippen LogP contribution < -0.4 is 11.1 Å². The maximum atomic E-state index is 5.79. The first-order chi connectivity index (χ1) is 6.59. The first-order valence-electron chi connectivity index (χ1n) is 6.03. The average Bonchev–Trinajstić information content (AvgIpc) is 2.61. The van der Waals surface area contributed by atoms with E-state index in [1.165, 1.54) is 25.7 Å². The minimum absolute atomic E-state index is 0.297. The molecule has 0 amide bonds. The third kappa shape index (κ3) is 3.25. The van der Waals surface area contributed by atoms with Crippen molar-refractivity contribution in [1.82, 2.24) is 5.32 Å².